The minimum atomic E-state index is -0.131. The van der Waals surface area contributed by atoms with Crippen LogP contribution < -0.4 is 9.80 Å². The molecule has 1 N–H and O–H groups in total. The van der Waals surface area contributed by atoms with Crippen LogP contribution in [0, 0.1) is 0 Å². The van der Waals surface area contributed by atoms with Crippen LogP contribution in [0.1, 0.15) is 9.67 Å². The molecule has 5 heteroatoms. The van der Waals surface area contributed by atoms with E-state index < -0.39 is 0 Å². The molecule has 0 saturated carbocycles. The second-order valence-electron chi connectivity index (χ2n) is 4.50. The molecule has 0 radical (unpaired) electrons. The van der Waals surface area contributed by atoms with Crippen LogP contribution in [0.2, 0.25) is 0 Å². The Balaban J connectivity index is 2.01. The number of hydrogen-bond donors (Lipinski definition) is 1. The number of likely N-dealkylation sites (N-methyl/N-ethyl adjacent to an activating group) is 1. The van der Waals surface area contributed by atoms with Crippen LogP contribution in [0.25, 0.3) is 0 Å². The van der Waals surface area contributed by atoms with Crippen molar-refractivity contribution in [1.82, 2.24) is 0 Å². The number of thiophene rings is 1. The number of aromatic hydroxyl groups is 1. The Morgan fingerprint density at radius 2 is 1.95 bits per heavy atom. The molecule has 19 heavy (non-hydrogen) atoms. The second-order valence-corrected chi connectivity index (χ2v) is 5.42. The standard InChI is InChI=1S/C14H14N2O2S/c1-15-7-8-16(11-5-3-2-4-10(11)15)14(18)13-12(17)6-9-19-13/h2-6,9,17H,7-8H2,1H3. The Hall–Kier alpha value is -2.01. The fraction of sp³-hybridized carbons (Fsp3) is 0.214. The number of para-hydroxylation sites is 2. The second kappa shape index (κ2) is 4.59. The minimum Gasteiger partial charge on any atom is -0.506 e. The predicted octanol–water partition coefficient (Wildman–Crippen LogP) is 2.55. The smallest absolute Gasteiger partial charge is 0.272 e. The van der Waals surface area contributed by atoms with Gasteiger partial charge in [-0.05, 0) is 23.6 Å². The van der Waals surface area contributed by atoms with E-state index in [2.05, 4.69) is 4.90 Å². The molecule has 3 rings (SSSR count). The molecule has 1 aromatic heterocycles. The Kier molecular flexibility index (Phi) is 2.91. The van der Waals surface area contributed by atoms with E-state index in [4.69, 9.17) is 0 Å². The quantitative estimate of drug-likeness (QED) is 0.869. The zero-order chi connectivity index (χ0) is 13.4. The van der Waals surface area contributed by atoms with Crippen molar-refractivity contribution in [3.8, 4) is 5.75 Å². The van der Waals surface area contributed by atoms with E-state index in [0.29, 0.717) is 11.4 Å². The van der Waals surface area contributed by atoms with Crippen molar-refractivity contribution in [2.24, 2.45) is 0 Å². The monoisotopic (exact) mass is 274 g/mol. The van der Waals surface area contributed by atoms with E-state index >= 15 is 0 Å². The lowest BCUT2D eigenvalue weighted by Crippen LogP contribution is -2.42. The van der Waals surface area contributed by atoms with Gasteiger partial charge in [0.05, 0.1) is 11.4 Å². The van der Waals surface area contributed by atoms with Gasteiger partial charge in [-0.2, -0.15) is 0 Å². The van der Waals surface area contributed by atoms with Gasteiger partial charge in [0.1, 0.15) is 10.6 Å². The molecular formula is C14H14N2O2S. The van der Waals surface area contributed by atoms with Crippen molar-refractivity contribution in [2.75, 3.05) is 29.9 Å². The summed E-state index contributed by atoms with van der Waals surface area (Å²) in [4.78, 5) is 16.8. The van der Waals surface area contributed by atoms with Crippen molar-refractivity contribution in [3.63, 3.8) is 0 Å². The average molecular weight is 274 g/mol. The molecule has 0 spiro atoms. The maximum absolute atomic E-state index is 12.5. The first kappa shape index (κ1) is 12.0. The molecule has 0 unspecified atom stereocenters. The van der Waals surface area contributed by atoms with Crippen molar-refractivity contribution in [1.29, 1.82) is 0 Å². The average Bonchev–Trinajstić information content (AvgIpc) is 2.85. The summed E-state index contributed by atoms with van der Waals surface area (Å²) in [5.74, 6) is -0.0699. The van der Waals surface area contributed by atoms with Gasteiger partial charge in [0.2, 0.25) is 0 Å². The number of hydrogen-bond acceptors (Lipinski definition) is 4. The SMILES string of the molecule is CN1CCN(C(=O)c2sccc2O)c2ccccc21. The molecule has 0 aliphatic carbocycles. The predicted molar refractivity (Wildman–Crippen MR) is 77.4 cm³/mol. The van der Waals surface area contributed by atoms with Gasteiger partial charge in [-0.3, -0.25) is 4.79 Å². The largest absolute Gasteiger partial charge is 0.506 e. The number of rotatable bonds is 1. The first-order chi connectivity index (χ1) is 9.18. The zero-order valence-corrected chi connectivity index (χ0v) is 11.4. The lowest BCUT2D eigenvalue weighted by atomic mass is 10.1. The summed E-state index contributed by atoms with van der Waals surface area (Å²) in [5.41, 5.74) is 1.94. The number of nitrogens with zero attached hydrogens (tertiary/aromatic N) is 2. The van der Waals surface area contributed by atoms with Gasteiger partial charge < -0.3 is 14.9 Å². The maximum Gasteiger partial charge on any atom is 0.272 e. The summed E-state index contributed by atoms with van der Waals surface area (Å²) in [6.07, 6.45) is 0. The Morgan fingerprint density at radius 3 is 2.63 bits per heavy atom. The van der Waals surface area contributed by atoms with Gasteiger partial charge in [0.15, 0.2) is 0 Å². The normalized spacial score (nSPS) is 14.4. The molecule has 0 atom stereocenters. The van der Waals surface area contributed by atoms with Crippen molar-refractivity contribution in [3.05, 3.63) is 40.6 Å². The summed E-state index contributed by atoms with van der Waals surface area (Å²) in [6, 6.07) is 9.38. The van der Waals surface area contributed by atoms with Gasteiger partial charge in [-0.1, -0.05) is 12.1 Å². The lowest BCUT2D eigenvalue weighted by Gasteiger charge is -2.35. The van der Waals surface area contributed by atoms with Crippen molar-refractivity contribution >= 4 is 28.6 Å². The van der Waals surface area contributed by atoms with E-state index in [9.17, 15) is 9.90 Å². The molecule has 0 fully saturated rings. The first-order valence-electron chi connectivity index (χ1n) is 6.07. The summed E-state index contributed by atoms with van der Waals surface area (Å²) in [7, 11) is 2.02. The molecule has 98 valence electrons. The molecule has 0 bridgehead atoms. The number of amides is 1. The molecule has 1 amide bonds. The van der Waals surface area contributed by atoms with E-state index in [-0.39, 0.29) is 11.7 Å². The molecule has 1 aliphatic rings. The van der Waals surface area contributed by atoms with Crippen molar-refractivity contribution in [2.45, 2.75) is 0 Å². The highest BCUT2D eigenvalue weighted by Crippen LogP contribution is 2.34. The first-order valence-corrected chi connectivity index (χ1v) is 6.95. The highest BCUT2D eigenvalue weighted by Gasteiger charge is 2.27. The summed E-state index contributed by atoms with van der Waals surface area (Å²) in [6.45, 7) is 1.42. The molecule has 2 heterocycles. The number of fused-ring (bicyclic) bond motifs is 1. The molecular weight excluding hydrogens is 260 g/mol. The van der Waals surface area contributed by atoms with Crippen LogP contribution in [0.5, 0.6) is 5.75 Å². The van der Waals surface area contributed by atoms with Crippen LogP contribution in [0.3, 0.4) is 0 Å². The van der Waals surface area contributed by atoms with E-state index in [1.165, 1.54) is 11.3 Å². The third kappa shape index (κ3) is 1.96. The fourth-order valence-corrected chi connectivity index (χ4v) is 3.03. The highest BCUT2D eigenvalue weighted by atomic mass is 32.1. The molecule has 1 aliphatic heterocycles. The molecule has 4 nitrogen and oxygen atoms in total. The van der Waals surface area contributed by atoms with E-state index in [1.807, 2.05) is 31.3 Å². The van der Waals surface area contributed by atoms with Gasteiger partial charge in [-0.25, -0.2) is 0 Å². The lowest BCUT2D eigenvalue weighted by molar-refractivity contribution is 0.0988. The number of carbonyl (C=O) groups is 1. The van der Waals surface area contributed by atoms with Gasteiger partial charge in [0, 0.05) is 20.1 Å². The highest BCUT2D eigenvalue weighted by molar-refractivity contribution is 7.12. The van der Waals surface area contributed by atoms with Crippen LogP contribution in [-0.2, 0) is 0 Å². The Morgan fingerprint density at radius 1 is 1.21 bits per heavy atom. The summed E-state index contributed by atoms with van der Waals surface area (Å²) in [5, 5.41) is 11.4. The minimum absolute atomic E-state index is 0.0615. The fourth-order valence-electron chi connectivity index (χ4n) is 2.30. The molecule has 0 saturated heterocycles. The van der Waals surface area contributed by atoms with Gasteiger partial charge >= 0.3 is 0 Å². The summed E-state index contributed by atoms with van der Waals surface area (Å²) >= 11 is 1.27. The number of anilines is 2. The van der Waals surface area contributed by atoms with E-state index in [0.717, 1.165) is 17.9 Å². The number of benzene rings is 1. The van der Waals surface area contributed by atoms with Crippen LogP contribution in [0.4, 0.5) is 11.4 Å². The Labute approximate surface area is 115 Å². The number of carbonyl (C=O) groups excluding carboxylic acids is 1. The Bertz CT molecular complexity index is 623. The third-order valence-corrected chi connectivity index (χ3v) is 4.22. The molecule has 2 aromatic rings. The van der Waals surface area contributed by atoms with Crippen LogP contribution >= 0.6 is 11.3 Å². The third-order valence-electron chi connectivity index (χ3n) is 3.33. The zero-order valence-electron chi connectivity index (χ0n) is 10.5. The molecule has 1 aromatic carbocycles. The van der Waals surface area contributed by atoms with Crippen LogP contribution in [-0.4, -0.2) is 31.2 Å². The van der Waals surface area contributed by atoms with Gasteiger partial charge in [-0.15, -0.1) is 11.3 Å². The van der Waals surface area contributed by atoms with Gasteiger partial charge in [0.25, 0.3) is 5.91 Å². The topological polar surface area (TPSA) is 43.8 Å². The summed E-state index contributed by atoms with van der Waals surface area (Å²) < 4.78 is 0. The van der Waals surface area contributed by atoms with Crippen molar-refractivity contribution < 1.29 is 9.90 Å². The van der Waals surface area contributed by atoms with E-state index in [1.54, 1.807) is 16.3 Å². The maximum atomic E-state index is 12.5. The van der Waals surface area contributed by atoms with Crippen LogP contribution in [0.15, 0.2) is 35.7 Å².